The molecule has 3 aromatic rings. The fraction of sp³-hybridized carbons (Fsp3) is 0.458. The number of fused-ring (bicyclic) bond motifs is 1. The Balaban J connectivity index is 1.12. The lowest BCUT2D eigenvalue weighted by atomic mass is 10.0. The molecule has 1 saturated carbocycles. The summed E-state index contributed by atoms with van der Waals surface area (Å²) in [7, 11) is 1.93. The number of benzene rings is 1. The second kappa shape index (κ2) is 8.19. The average Bonchev–Trinajstić information content (AvgIpc) is 3.40. The number of hydrogen-bond acceptors (Lipinski definition) is 5. The largest absolute Gasteiger partial charge is 0.366 e. The molecule has 3 heterocycles. The first kappa shape index (κ1) is 19.2. The highest BCUT2D eigenvalue weighted by molar-refractivity contribution is 5.61. The summed E-state index contributed by atoms with van der Waals surface area (Å²) in [4.78, 5) is 2.66. The van der Waals surface area contributed by atoms with Crippen LogP contribution < -0.4 is 5.32 Å². The van der Waals surface area contributed by atoms with Crippen LogP contribution in [0, 0.1) is 18.8 Å². The Kier molecular flexibility index (Phi) is 5.25. The number of nitrogens with one attached hydrogen (secondary N) is 1. The molecule has 0 bridgehead atoms. The predicted molar refractivity (Wildman–Crippen MR) is 119 cm³/mol. The van der Waals surface area contributed by atoms with Gasteiger partial charge in [-0.05, 0) is 55.7 Å². The zero-order valence-corrected chi connectivity index (χ0v) is 17.8. The van der Waals surface area contributed by atoms with Crippen LogP contribution in [0.5, 0.6) is 0 Å². The van der Waals surface area contributed by atoms with Gasteiger partial charge in [0.2, 0.25) is 0 Å². The van der Waals surface area contributed by atoms with Gasteiger partial charge in [-0.3, -0.25) is 4.68 Å². The Morgan fingerprint density at radius 2 is 1.77 bits per heavy atom. The quantitative estimate of drug-likeness (QED) is 0.683. The van der Waals surface area contributed by atoms with Crippen molar-refractivity contribution in [3.63, 3.8) is 0 Å². The van der Waals surface area contributed by atoms with E-state index in [1.54, 1.807) is 0 Å². The Morgan fingerprint density at radius 3 is 2.40 bits per heavy atom. The van der Waals surface area contributed by atoms with Crippen molar-refractivity contribution in [2.45, 2.75) is 32.2 Å². The molecule has 156 valence electrons. The lowest BCUT2D eigenvalue weighted by Gasteiger charge is -2.19. The van der Waals surface area contributed by atoms with Crippen molar-refractivity contribution in [3.05, 3.63) is 59.9 Å². The number of aryl methyl sites for hydroxylation is 2. The van der Waals surface area contributed by atoms with E-state index in [2.05, 4.69) is 61.9 Å². The van der Waals surface area contributed by atoms with Crippen LogP contribution in [0.1, 0.15) is 24.1 Å². The van der Waals surface area contributed by atoms with E-state index < -0.39 is 0 Å². The fourth-order valence-corrected chi connectivity index (χ4v) is 5.24. The molecule has 6 heteroatoms. The van der Waals surface area contributed by atoms with Crippen LogP contribution in [0.25, 0.3) is 11.3 Å². The van der Waals surface area contributed by atoms with Crippen molar-refractivity contribution in [1.82, 2.24) is 24.9 Å². The minimum Gasteiger partial charge on any atom is -0.366 e. The Bertz CT molecular complexity index is 967. The van der Waals surface area contributed by atoms with Gasteiger partial charge in [0.15, 0.2) is 0 Å². The molecule has 2 fully saturated rings. The maximum Gasteiger partial charge on any atom is 0.148 e. The standard InChI is InChI=1S/C24H30N6/c1-17-22(16-29(2)28-17)23-8-9-24(27-26-23)25-21-12-19-14-30(15-20(19)13-21)11-10-18-6-4-3-5-7-18/h3-9,16,19-21H,10-15H2,1-2H3,(H,25,27). The van der Waals surface area contributed by atoms with E-state index in [9.17, 15) is 0 Å². The molecule has 2 aromatic heterocycles. The molecule has 1 saturated heterocycles. The molecule has 2 atom stereocenters. The van der Waals surface area contributed by atoms with E-state index in [1.165, 1.54) is 38.0 Å². The van der Waals surface area contributed by atoms with Crippen LogP contribution in [0.3, 0.4) is 0 Å². The monoisotopic (exact) mass is 402 g/mol. The number of rotatable bonds is 6. The minimum absolute atomic E-state index is 0.511. The van der Waals surface area contributed by atoms with Gasteiger partial charge in [-0.15, -0.1) is 10.2 Å². The first-order valence-corrected chi connectivity index (χ1v) is 11.0. The third-order valence-electron chi connectivity index (χ3n) is 6.69. The third kappa shape index (κ3) is 4.10. The first-order chi connectivity index (χ1) is 14.6. The summed E-state index contributed by atoms with van der Waals surface area (Å²) in [6.07, 6.45) is 5.61. The summed E-state index contributed by atoms with van der Waals surface area (Å²) < 4.78 is 1.82. The molecule has 0 radical (unpaired) electrons. The highest BCUT2D eigenvalue weighted by Gasteiger charge is 2.40. The van der Waals surface area contributed by atoms with Gasteiger partial charge in [-0.25, -0.2) is 0 Å². The SMILES string of the molecule is Cc1nn(C)cc1-c1ccc(NC2CC3CN(CCc4ccccc4)CC3C2)nn1. The maximum atomic E-state index is 4.43. The summed E-state index contributed by atoms with van der Waals surface area (Å²) in [6.45, 7) is 5.65. The van der Waals surface area contributed by atoms with Crippen molar-refractivity contribution in [3.8, 4) is 11.3 Å². The predicted octanol–water partition coefficient (Wildman–Crippen LogP) is 3.55. The molecule has 1 N–H and O–H groups in total. The fourth-order valence-electron chi connectivity index (χ4n) is 5.24. The maximum absolute atomic E-state index is 4.43. The second-order valence-electron chi connectivity index (χ2n) is 8.93. The van der Waals surface area contributed by atoms with Gasteiger partial charge in [0.1, 0.15) is 5.82 Å². The summed E-state index contributed by atoms with van der Waals surface area (Å²) in [5.41, 5.74) is 4.34. The van der Waals surface area contributed by atoms with E-state index >= 15 is 0 Å². The van der Waals surface area contributed by atoms with Crippen LogP contribution >= 0.6 is 0 Å². The molecule has 0 spiro atoms. The van der Waals surface area contributed by atoms with Gasteiger partial charge in [-0.1, -0.05) is 30.3 Å². The smallest absolute Gasteiger partial charge is 0.148 e. The lowest BCUT2D eigenvalue weighted by molar-refractivity contribution is 0.312. The Morgan fingerprint density at radius 1 is 1.00 bits per heavy atom. The zero-order chi connectivity index (χ0) is 20.5. The van der Waals surface area contributed by atoms with Gasteiger partial charge < -0.3 is 10.2 Å². The van der Waals surface area contributed by atoms with Crippen LogP contribution in [0.4, 0.5) is 5.82 Å². The number of anilines is 1. The Hall–Kier alpha value is -2.73. The molecule has 0 amide bonds. The highest BCUT2D eigenvalue weighted by atomic mass is 15.3. The molecule has 1 aliphatic heterocycles. The molecule has 1 aliphatic carbocycles. The van der Waals surface area contributed by atoms with Crippen molar-refractivity contribution in [2.24, 2.45) is 18.9 Å². The first-order valence-electron chi connectivity index (χ1n) is 11.0. The van der Waals surface area contributed by atoms with E-state index in [-0.39, 0.29) is 0 Å². The molecule has 6 nitrogen and oxygen atoms in total. The number of likely N-dealkylation sites (tertiary alicyclic amines) is 1. The van der Waals surface area contributed by atoms with Gasteiger partial charge >= 0.3 is 0 Å². The normalized spacial score (nSPS) is 23.6. The van der Waals surface area contributed by atoms with Crippen LogP contribution in [-0.4, -0.2) is 50.6 Å². The van der Waals surface area contributed by atoms with Crippen LogP contribution in [0.2, 0.25) is 0 Å². The van der Waals surface area contributed by atoms with Crippen molar-refractivity contribution >= 4 is 5.82 Å². The zero-order valence-electron chi connectivity index (χ0n) is 17.8. The van der Waals surface area contributed by atoms with E-state index in [1.807, 2.05) is 30.9 Å². The molecule has 30 heavy (non-hydrogen) atoms. The van der Waals surface area contributed by atoms with Gasteiger partial charge in [0.05, 0.1) is 11.4 Å². The summed E-state index contributed by atoms with van der Waals surface area (Å²) in [5, 5.41) is 16.9. The molecular formula is C24H30N6. The van der Waals surface area contributed by atoms with E-state index in [0.717, 1.165) is 41.0 Å². The number of aromatic nitrogens is 4. The highest BCUT2D eigenvalue weighted by Crippen LogP contribution is 2.39. The average molecular weight is 403 g/mol. The molecule has 2 aliphatic rings. The summed E-state index contributed by atoms with van der Waals surface area (Å²) in [5.74, 6) is 2.50. The van der Waals surface area contributed by atoms with Gasteiger partial charge in [0.25, 0.3) is 0 Å². The molecular weight excluding hydrogens is 372 g/mol. The minimum atomic E-state index is 0.511. The summed E-state index contributed by atoms with van der Waals surface area (Å²) in [6, 6.07) is 15.4. The molecule has 5 rings (SSSR count). The molecule has 1 aromatic carbocycles. The summed E-state index contributed by atoms with van der Waals surface area (Å²) >= 11 is 0. The van der Waals surface area contributed by atoms with E-state index in [0.29, 0.717) is 6.04 Å². The molecule has 2 unspecified atom stereocenters. The van der Waals surface area contributed by atoms with Crippen molar-refractivity contribution < 1.29 is 0 Å². The topological polar surface area (TPSA) is 58.9 Å². The van der Waals surface area contributed by atoms with Crippen molar-refractivity contribution in [1.29, 1.82) is 0 Å². The second-order valence-corrected chi connectivity index (χ2v) is 8.93. The number of nitrogens with zero attached hydrogens (tertiary/aromatic N) is 5. The Labute approximate surface area is 178 Å². The van der Waals surface area contributed by atoms with Crippen LogP contribution in [0.15, 0.2) is 48.7 Å². The van der Waals surface area contributed by atoms with Gasteiger partial charge in [0, 0.05) is 44.5 Å². The lowest BCUT2D eigenvalue weighted by Crippen LogP contribution is -2.27. The van der Waals surface area contributed by atoms with Crippen LogP contribution in [-0.2, 0) is 13.5 Å². The van der Waals surface area contributed by atoms with Crippen molar-refractivity contribution in [2.75, 3.05) is 25.0 Å². The van der Waals surface area contributed by atoms with E-state index in [4.69, 9.17) is 0 Å². The van der Waals surface area contributed by atoms with Gasteiger partial charge in [-0.2, -0.15) is 5.10 Å². The number of hydrogen-bond donors (Lipinski definition) is 1. The third-order valence-corrected chi connectivity index (χ3v) is 6.69.